The minimum Gasteiger partial charge on any atom is -0.383 e. The first-order chi connectivity index (χ1) is 12.3. The molecule has 0 bridgehead atoms. The second kappa shape index (κ2) is 8.48. The Labute approximate surface area is 148 Å². The molecule has 1 aromatic heterocycles. The lowest BCUT2D eigenvalue weighted by Crippen LogP contribution is -2.26. The number of hydrogen-bond donors (Lipinski definition) is 2. The molecule has 0 unspecified atom stereocenters. The fourth-order valence-electron chi connectivity index (χ4n) is 2.85. The summed E-state index contributed by atoms with van der Waals surface area (Å²) in [5.41, 5.74) is 2.78. The highest BCUT2D eigenvalue weighted by Crippen LogP contribution is 2.23. The molecule has 2 N–H and O–H groups in total. The molecule has 25 heavy (non-hydrogen) atoms. The molecular formula is C19H24N4O2. The molecule has 0 atom stereocenters. The molecule has 0 spiro atoms. The molecule has 1 saturated heterocycles. The Bertz CT molecular complexity index is 680. The molecule has 3 rings (SSSR count). The number of nitrogens with one attached hydrogen (secondary N) is 2. The fraction of sp³-hybridized carbons (Fsp3) is 0.368. The van der Waals surface area contributed by atoms with Crippen molar-refractivity contribution >= 4 is 23.1 Å². The van der Waals surface area contributed by atoms with Crippen LogP contribution in [0.2, 0.25) is 0 Å². The zero-order chi connectivity index (χ0) is 17.5. The van der Waals surface area contributed by atoms with Gasteiger partial charge in [-0.05, 0) is 49.2 Å². The number of benzene rings is 1. The van der Waals surface area contributed by atoms with Crippen molar-refractivity contribution in [3.05, 3.63) is 48.2 Å². The average molecular weight is 340 g/mol. The summed E-state index contributed by atoms with van der Waals surface area (Å²) < 4.78 is 4.91. The van der Waals surface area contributed by atoms with Gasteiger partial charge in [0, 0.05) is 44.3 Å². The van der Waals surface area contributed by atoms with Crippen molar-refractivity contribution in [1.29, 1.82) is 0 Å². The Morgan fingerprint density at radius 1 is 1.16 bits per heavy atom. The third kappa shape index (κ3) is 4.70. The number of carbonyl (C=O) groups is 1. The van der Waals surface area contributed by atoms with E-state index >= 15 is 0 Å². The van der Waals surface area contributed by atoms with Crippen molar-refractivity contribution < 1.29 is 9.53 Å². The van der Waals surface area contributed by atoms with Crippen LogP contribution >= 0.6 is 0 Å². The van der Waals surface area contributed by atoms with Gasteiger partial charge in [-0.1, -0.05) is 0 Å². The van der Waals surface area contributed by atoms with Gasteiger partial charge >= 0.3 is 0 Å². The summed E-state index contributed by atoms with van der Waals surface area (Å²) in [6.45, 7) is 3.26. The standard InChI is InChI=1S/C19H24N4O2/c1-25-13-10-20-19(24)15-4-9-18(21-14-15)22-16-5-7-17(8-6-16)23-11-2-3-12-23/h4-9,14H,2-3,10-13H2,1H3,(H,20,24)(H,21,22). The number of amides is 1. The predicted molar refractivity (Wildman–Crippen MR) is 99.6 cm³/mol. The van der Waals surface area contributed by atoms with E-state index in [9.17, 15) is 4.79 Å². The van der Waals surface area contributed by atoms with Crippen LogP contribution in [-0.2, 0) is 4.74 Å². The number of aromatic nitrogens is 1. The number of carbonyl (C=O) groups excluding carboxylic acids is 1. The Morgan fingerprint density at radius 3 is 2.56 bits per heavy atom. The Kier molecular flexibility index (Phi) is 5.85. The number of anilines is 3. The number of rotatable bonds is 7. The van der Waals surface area contributed by atoms with Crippen molar-refractivity contribution in [2.24, 2.45) is 0 Å². The van der Waals surface area contributed by atoms with Crippen LogP contribution in [0.1, 0.15) is 23.2 Å². The number of pyridine rings is 1. The zero-order valence-electron chi connectivity index (χ0n) is 14.5. The summed E-state index contributed by atoms with van der Waals surface area (Å²) >= 11 is 0. The average Bonchev–Trinajstić information content (AvgIpc) is 3.18. The van der Waals surface area contributed by atoms with Crippen LogP contribution < -0.4 is 15.5 Å². The van der Waals surface area contributed by atoms with E-state index in [4.69, 9.17) is 4.74 Å². The van der Waals surface area contributed by atoms with E-state index in [1.54, 1.807) is 25.4 Å². The van der Waals surface area contributed by atoms with Crippen LogP contribution in [0.4, 0.5) is 17.2 Å². The van der Waals surface area contributed by atoms with Crippen molar-refractivity contribution in [2.45, 2.75) is 12.8 Å². The van der Waals surface area contributed by atoms with Gasteiger partial charge in [0.15, 0.2) is 0 Å². The number of hydrogen-bond acceptors (Lipinski definition) is 5. The Morgan fingerprint density at radius 2 is 1.92 bits per heavy atom. The molecule has 1 fully saturated rings. The van der Waals surface area contributed by atoms with Crippen LogP contribution in [0.15, 0.2) is 42.6 Å². The maximum Gasteiger partial charge on any atom is 0.252 e. The van der Waals surface area contributed by atoms with Gasteiger partial charge in [-0.25, -0.2) is 4.98 Å². The van der Waals surface area contributed by atoms with E-state index in [0.29, 0.717) is 24.5 Å². The van der Waals surface area contributed by atoms with Gasteiger partial charge in [0.25, 0.3) is 5.91 Å². The minimum atomic E-state index is -0.147. The molecule has 0 radical (unpaired) electrons. The number of nitrogens with zero attached hydrogens (tertiary/aromatic N) is 2. The van der Waals surface area contributed by atoms with Crippen molar-refractivity contribution in [3.8, 4) is 0 Å². The topological polar surface area (TPSA) is 66.5 Å². The molecule has 1 aliphatic rings. The molecule has 0 saturated carbocycles. The van der Waals surface area contributed by atoms with Gasteiger partial charge in [-0.2, -0.15) is 0 Å². The van der Waals surface area contributed by atoms with Gasteiger partial charge in [0.1, 0.15) is 5.82 Å². The van der Waals surface area contributed by atoms with Gasteiger partial charge in [-0.15, -0.1) is 0 Å². The van der Waals surface area contributed by atoms with Gasteiger partial charge in [-0.3, -0.25) is 4.79 Å². The first-order valence-corrected chi connectivity index (χ1v) is 8.61. The lowest BCUT2D eigenvalue weighted by molar-refractivity contribution is 0.0937. The molecule has 0 aliphatic carbocycles. The van der Waals surface area contributed by atoms with Gasteiger partial charge in [0.2, 0.25) is 0 Å². The fourth-order valence-corrected chi connectivity index (χ4v) is 2.85. The molecule has 1 amide bonds. The normalized spacial score (nSPS) is 13.7. The molecule has 1 aliphatic heterocycles. The van der Waals surface area contributed by atoms with Crippen LogP contribution in [-0.4, -0.2) is 44.2 Å². The van der Waals surface area contributed by atoms with Crippen molar-refractivity contribution in [2.75, 3.05) is 43.6 Å². The molecule has 2 aromatic rings. The first kappa shape index (κ1) is 17.2. The zero-order valence-corrected chi connectivity index (χ0v) is 14.5. The monoisotopic (exact) mass is 340 g/mol. The van der Waals surface area contributed by atoms with E-state index < -0.39 is 0 Å². The lowest BCUT2D eigenvalue weighted by atomic mass is 10.2. The summed E-state index contributed by atoms with van der Waals surface area (Å²) in [6, 6.07) is 11.9. The van der Waals surface area contributed by atoms with Crippen molar-refractivity contribution in [3.63, 3.8) is 0 Å². The summed E-state index contributed by atoms with van der Waals surface area (Å²) in [6.07, 6.45) is 4.12. The van der Waals surface area contributed by atoms with Gasteiger partial charge in [0.05, 0.1) is 12.2 Å². The van der Waals surface area contributed by atoms with Crippen LogP contribution in [0.3, 0.4) is 0 Å². The highest BCUT2D eigenvalue weighted by atomic mass is 16.5. The third-order valence-electron chi connectivity index (χ3n) is 4.23. The number of ether oxygens (including phenoxy) is 1. The lowest BCUT2D eigenvalue weighted by Gasteiger charge is -2.17. The van der Waals surface area contributed by atoms with Crippen LogP contribution in [0.25, 0.3) is 0 Å². The highest BCUT2D eigenvalue weighted by molar-refractivity contribution is 5.94. The van der Waals surface area contributed by atoms with E-state index in [1.807, 2.05) is 0 Å². The second-order valence-electron chi connectivity index (χ2n) is 6.05. The van der Waals surface area contributed by atoms with Crippen LogP contribution in [0.5, 0.6) is 0 Å². The first-order valence-electron chi connectivity index (χ1n) is 8.61. The summed E-state index contributed by atoms with van der Waals surface area (Å²) in [4.78, 5) is 18.6. The maximum absolute atomic E-state index is 11.9. The van der Waals surface area contributed by atoms with E-state index in [-0.39, 0.29) is 5.91 Å². The summed E-state index contributed by atoms with van der Waals surface area (Å²) in [7, 11) is 1.60. The largest absolute Gasteiger partial charge is 0.383 e. The molecule has 132 valence electrons. The molecule has 1 aromatic carbocycles. The maximum atomic E-state index is 11.9. The van der Waals surface area contributed by atoms with Crippen LogP contribution in [0, 0.1) is 0 Å². The van der Waals surface area contributed by atoms with E-state index in [1.165, 1.54) is 18.5 Å². The SMILES string of the molecule is COCCNC(=O)c1ccc(Nc2ccc(N3CCCC3)cc2)nc1. The second-order valence-corrected chi connectivity index (χ2v) is 6.05. The van der Waals surface area contributed by atoms with E-state index in [0.717, 1.165) is 18.8 Å². The molecule has 6 nitrogen and oxygen atoms in total. The summed E-state index contributed by atoms with van der Waals surface area (Å²) in [5, 5.41) is 6.03. The quantitative estimate of drug-likeness (QED) is 0.759. The third-order valence-corrected chi connectivity index (χ3v) is 4.23. The summed E-state index contributed by atoms with van der Waals surface area (Å²) in [5.74, 6) is 0.563. The Hall–Kier alpha value is -2.60. The predicted octanol–water partition coefficient (Wildman–Crippen LogP) is 2.80. The Balaban J connectivity index is 1.56. The van der Waals surface area contributed by atoms with Gasteiger partial charge < -0.3 is 20.3 Å². The molecule has 6 heteroatoms. The molecular weight excluding hydrogens is 316 g/mol. The highest BCUT2D eigenvalue weighted by Gasteiger charge is 2.12. The van der Waals surface area contributed by atoms with E-state index in [2.05, 4.69) is 44.8 Å². The number of methoxy groups -OCH3 is 1. The van der Waals surface area contributed by atoms with Crippen molar-refractivity contribution in [1.82, 2.24) is 10.3 Å². The smallest absolute Gasteiger partial charge is 0.252 e. The molecule has 2 heterocycles. The minimum absolute atomic E-state index is 0.147.